The molecule has 0 atom stereocenters. The molecule has 0 amide bonds. The fourth-order valence-corrected chi connectivity index (χ4v) is 2.24. The highest BCUT2D eigenvalue weighted by atomic mass is 35.5. The van der Waals surface area contributed by atoms with E-state index in [0.29, 0.717) is 18.3 Å². The highest BCUT2D eigenvalue weighted by molar-refractivity contribution is 5.85. The number of ether oxygens (including phenoxy) is 1. The zero-order valence-electron chi connectivity index (χ0n) is 11.9. The third-order valence-electron chi connectivity index (χ3n) is 3.38. The molecule has 2 heterocycles. The maximum atomic E-state index is 5.32. The smallest absolute Gasteiger partial charge is 0.241 e. The predicted octanol–water partition coefficient (Wildman–Crippen LogP) is 1.57. The van der Waals surface area contributed by atoms with Crippen molar-refractivity contribution < 1.29 is 9.26 Å². The number of piperazine rings is 1. The summed E-state index contributed by atoms with van der Waals surface area (Å²) in [5.41, 5.74) is 0.932. The van der Waals surface area contributed by atoms with Gasteiger partial charge in [0.05, 0.1) is 13.7 Å². The molecule has 1 N–H and O–H groups in total. The Kier molecular flexibility index (Phi) is 5.55. The zero-order valence-corrected chi connectivity index (χ0v) is 12.7. The summed E-state index contributed by atoms with van der Waals surface area (Å²) < 4.78 is 10.5. The Morgan fingerprint density at radius 3 is 2.62 bits per heavy atom. The van der Waals surface area contributed by atoms with Gasteiger partial charge in [-0.1, -0.05) is 5.16 Å². The van der Waals surface area contributed by atoms with Gasteiger partial charge < -0.3 is 14.6 Å². The van der Waals surface area contributed by atoms with Crippen LogP contribution in [0.3, 0.4) is 0 Å². The van der Waals surface area contributed by atoms with Gasteiger partial charge >= 0.3 is 0 Å². The van der Waals surface area contributed by atoms with Crippen LogP contribution in [0.4, 0.5) is 0 Å². The van der Waals surface area contributed by atoms with Crippen molar-refractivity contribution in [3.05, 3.63) is 30.2 Å². The molecular weight excluding hydrogens is 292 g/mol. The molecule has 6 nitrogen and oxygen atoms in total. The van der Waals surface area contributed by atoms with Gasteiger partial charge in [0.15, 0.2) is 0 Å². The van der Waals surface area contributed by atoms with Gasteiger partial charge in [0.25, 0.3) is 0 Å². The molecule has 1 aliphatic rings. The molecule has 1 fully saturated rings. The molecule has 3 rings (SSSR count). The number of hydrogen-bond acceptors (Lipinski definition) is 6. The van der Waals surface area contributed by atoms with Crippen molar-refractivity contribution in [3.63, 3.8) is 0 Å². The number of methoxy groups -OCH3 is 1. The van der Waals surface area contributed by atoms with Crippen LogP contribution in [0.2, 0.25) is 0 Å². The average molecular weight is 311 g/mol. The predicted molar refractivity (Wildman–Crippen MR) is 81.7 cm³/mol. The molecule has 0 bridgehead atoms. The molecule has 7 heteroatoms. The van der Waals surface area contributed by atoms with E-state index in [-0.39, 0.29) is 12.4 Å². The molecule has 0 saturated carbocycles. The molecule has 2 aromatic rings. The largest absolute Gasteiger partial charge is 0.497 e. The summed E-state index contributed by atoms with van der Waals surface area (Å²) in [6.45, 7) is 4.77. The molecule has 0 unspecified atom stereocenters. The van der Waals surface area contributed by atoms with Gasteiger partial charge in [0, 0.05) is 31.7 Å². The Morgan fingerprint density at radius 2 is 1.95 bits per heavy atom. The average Bonchev–Trinajstić information content (AvgIpc) is 2.97. The highest BCUT2D eigenvalue weighted by Crippen LogP contribution is 2.20. The Morgan fingerprint density at radius 1 is 1.24 bits per heavy atom. The number of benzene rings is 1. The van der Waals surface area contributed by atoms with E-state index in [1.165, 1.54) is 0 Å². The Hall–Kier alpha value is -1.63. The van der Waals surface area contributed by atoms with Crippen LogP contribution in [0.1, 0.15) is 5.89 Å². The number of nitrogens with zero attached hydrogens (tertiary/aromatic N) is 3. The van der Waals surface area contributed by atoms with Crippen LogP contribution in [0.15, 0.2) is 28.8 Å². The molecular formula is C14H19ClN4O2. The maximum absolute atomic E-state index is 5.32. The summed E-state index contributed by atoms with van der Waals surface area (Å²) in [6.07, 6.45) is 0. The molecule has 114 valence electrons. The lowest BCUT2D eigenvalue weighted by atomic mass is 10.2. The minimum Gasteiger partial charge on any atom is -0.497 e. The summed E-state index contributed by atoms with van der Waals surface area (Å²) in [5.74, 6) is 2.11. The first-order valence-corrected chi connectivity index (χ1v) is 6.75. The van der Waals surface area contributed by atoms with Gasteiger partial charge in [-0.15, -0.1) is 12.4 Å². The van der Waals surface area contributed by atoms with Gasteiger partial charge in [-0.25, -0.2) is 0 Å². The summed E-state index contributed by atoms with van der Waals surface area (Å²) in [4.78, 5) is 6.76. The van der Waals surface area contributed by atoms with Gasteiger partial charge in [0.1, 0.15) is 5.75 Å². The van der Waals surface area contributed by atoms with E-state index >= 15 is 0 Å². The van der Waals surface area contributed by atoms with Crippen LogP contribution in [-0.4, -0.2) is 48.3 Å². The Labute approximate surface area is 129 Å². The first-order valence-electron chi connectivity index (χ1n) is 6.75. The van der Waals surface area contributed by atoms with Crippen LogP contribution in [0.25, 0.3) is 11.4 Å². The van der Waals surface area contributed by atoms with Crippen molar-refractivity contribution in [3.8, 4) is 17.1 Å². The number of nitrogens with one attached hydrogen (secondary N) is 1. The minimum absolute atomic E-state index is 0. The molecule has 1 aliphatic heterocycles. The van der Waals surface area contributed by atoms with Gasteiger partial charge in [0.2, 0.25) is 11.7 Å². The SMILES string of the molecule is COc1ccc(-c2noc(CN3CCNCC3)n2)cc1.Cl. The number of halogens is 1. The molecule has 1 aromatic carbocycles. The lowest BCUT2D eigenvalue weighted by Crippen LogP contribution is -2.42. The van der Waals surface area contributed by atoms with Crippen LogP contribution >= 0.6 is 12.4 Å². The molecule has 1 saturated heterocycles. The number of hydrogen-bond donors (Lipinski definition) is 1. The Bertz CT molecular complexity index is 552. The second kappa shape index (κ2) is 7.40. The first-order chi connectivity index (χ1) is 9.85. The van der Waals surface area contributed by atoms with Gasteiger partial charge in [-0.2, -0.15) is 4.98 Å². The fourth-order valence-electron chi connectivity index (χ4n) is 2.24. The van der Waals surface area contributed by atoms with Crippen LogP contribution in [-0.2, 0) is 6.54 Å². The summed E-state index contributed by atoms with van der Waals surface area (Å²) in [6, 6.07) is 7.64. The standard InChI is InChI=1S/C14H18N4O2.ClH/c1-19-12-4-2-11(3-5-12)14-16-13(20-17-14)10-18-8-6-15-7-9-18;/h2-5,15H,6-10H2,1H3;1H. The third kappa shape index (κ3) is 3.93. The van der Waals surface area contributed by atoms with E-state index in [1.807, 2.05) is 24.3 Å². The topological polar surface area (TPSA) is 63.4 Å². The molecule has 1 aromatic heterocycles. The third-order valence-corrected chi connectivity index (χ3v) is 3.38. The second-order valence-corrected chi connectivity index (χ2v) is 4.77. The zero-order chi connectivity index (χ0) is 13.8. The fraction of sp³-hybridized carbons (Fsp3) is 0.429. The van der Waals surface area contributed by atoms with Crippen LogP contribution < -0.4 is 10.1 Å². The molecule has 21 heavy (non-hydrogen) atoms. The normalized spacial score (nSPS) is 15.5. The van der Waals surface area contributed by atoms with Crippen molar-refractivity contribution >= 4 is 12.4 Å². The molecule has 0 radical (unpaired) electrons. The monoisotopic (exact) mass is 310 g/mol. The highest BCUT2D eigenvalue weighted by Gasteiger charge is 2.15. The number of rotatable bonds is 4. The van der Waals surface area contributed by atoms with E-state index in [1.54, 1.807) is 7.11 Å². The van der Waals surface area contributed by atoms with Crippen molar-refractivity contribution in [1.82, 2.24) is 20.4 Å². The summed E-state index contributed by atoms with van der Waals surface area (Å²) in [7, 11) is 1.65. The second-order valence-electron chi connectivity index (χ2n) is 4.77. The summed E-state index contributed by atoms with van der Waals surface area (Å²) in [5, 5.41) is 7.36. The lowest BCUT2D eigenvalue weighted by molar-refractivity contribution is 0.203. The van der Waals surface area contributed by atoms with Crippen molar-refractivity contribution in [2.45, 2.75) is 6.54 Å². The van der Waals surface area contributed by atoms with E-state index in [9.17, 15) is 0 Å². The van der Waals surface area contributed by atoms with Gasteiger partial charge in [-0.3, -0.25) is 4.90 Å². The van der Waals surface area contributed by atoms with Gasteiger partial charge in [-0.05, 0) is 24.3 Å². The van der Waals surface area contributed by atoms with E-state index in [2.05, 4.69) is 20.4 Å². The molecule has 0 spiro atoms. The number of aromatic nitrogens is 2. The van der Waals surface area contributed by atoms with Crippen molar-refractivity contribution in [2.75, 3.05) is 33.3 Å². The van der Waals surface area contributed by atoms with Crippen LogP contribution in [0.5, 0.6) is 5.75 Å². The van der Waals surface area contributed by atoms with E-state index in [4.69, 9.17) is 9.26 Å². The quantitative estimate of drug-likeness (QED) is 0.925. The lowest BCUT2D eigenvalue weighted by Gasteiger charge is -2.25. The maximum Gasteiger partial charge on any atom is 0.241 e. The van der Waals surface area contributed by atoms with E-state index < -0.39 is 0 Å². The van der Waals surface area contributed by atoms with E-state index in [0.717, 1.165) is 37.5 Å². The van der Waals surface area contributed by atoms with Crippen LogP contribution in [0, 0.1) is 0 Å². The van der Waals surface area contributed by atoms with Crippen molar-refractivity contribution in [2.24, 2.45) is 0 Å². The summed E-state index contributed by atoms with van der Waals surface area (Å²) >= 11 is 0. The molecule has 0 aliphatic carbocycles. The van der Waals surface area contributed by atoms with Crippen molar-refractivity contribution in [1.29, 1.82) is 0 Å². The first kappa shape index (κ1) is 15.8. The Balaban J connectivity index is 0.00000161. The minimum atomic E-state index is 0.